The van der Waals surface area contributed by atoms with Crippen LogP contribution >= 0.6 is 15.9 Å². The lowest BCUT2D eigenvalue weighted by atomic mass is 10.2. The second kappa shape index (κ2) is 8.49. The van der Waals surface area contributed by atoms with E-state index in [9.17, 15) is 8.78 Å². The second-order valence-corrected chi connectivity index (χ2v) is 5.60. The molecule has 2 rings (SSSR count). The molecule has 0 saturated heterocycles. The van der Waals surface area contributed by atoms with Gasteiger partial charge in [0, 0.05) is 15.7 Å². The van der Waals surface area contributed by atoms with Crippen LogP contribution in [-0.4, -0.2) is 19.7 Å². The zero-order valence-electron chi connectivity index (χ0n) is 12.8. The van der Waals surface area contributed by atoms with Crippen LogP contribution in [0.2, 0.25) is 0 Å². The van der Waals surface area contributed by atoms with E-state index in [4.69, 9.17) is 10.5 Å². The number of nitrogens with one attached hydrogen (secondary N) is 1. The van der Waals surface area contributed by atoms with Gasteiger partial charge in [-0.25, -0.2) is 4.99 Å². The molecule has 0 aliphatic carbocycles. The van der Waals surface area contributed by atoms with Gasteiger partial charge in [-0.3, -0.25) is 0 Å². The summed E-state index contributed by atoms with van der Waals surface area (Å²) in [6.45, 7) is -2.81. The molecule has 2 aromatic carbocycles. The van der Waals surface area contributed by atoms with Gasteiger partial charge in [-0.2, -0.15) is 8.78 Å². The van der Waals surface area contributed by atoms with Crippen molar-refractivity contribution in [2.24, 2.45) is 10.7 Å². The molecular formula is C16H16BrF2N3O2. The average molecular weight is 400 g/mol. The molecule has 8 heteroatoms. The first-order valence-corrected chi connectivity index (χ1v) is 7.71. The van der Waals surface area contributed by atoms with Crippen LogP contribution in [0, 0.1) is 0 Å². The number of alkyl halides is 2. The zero-order chi connectivity index (χ0) is 17.5. The van der Waals surface area contributed by atoms with E-state index in [2.05, 4.69) is 31.0 Å². The van der Waals surface area contributed by atoms with Crippen molar-refractivity contribution in [1.82, 2.24) is 0 Å². The highest BCUT2D eigenvalue weighted by atomic mass is 79.9. The number of anilines is 1. The van der Waals surface area contributed by atoms with E-state index in [-0.39, 0.29) is 18.3 Å². The molecule has 0 amide bonds. The van der Waals surface area contributed by atoms with Crippen LogP contribution in [0.25, 0.3) is 0 Å². The predicted molar refractivity (Wildman–Crippen MR) is 92.7 cm³/mol. The maximum Gasteiger partial charge on any atom is 0.387 e. The van der Waals surface area contributed by atoms with E-state index in [0.717, 1.165) is 15.9 Å². The number of ether oxygens (including phenoxy) is 2. The molecule has 0 atom stereocenters. The molecule has 128 valence electrons. The molecule has 0 heterocycles. The molecule has 0 aromatic heterocycles. The Morgan fingerprint density at radius 2 is 1.96 bits per heavy atom. The summed E-state index contributed by atoms with van der Waals surface area (Å²) in [4.78, 5) is 4.15. The molecule has 3 N–H and O–H groups in total. The van der Waals surface area contributed by atoms with Gasteiger partial charge in [-0.1, -0.05) is 15.9 Å². The SMILES string of the molecule is COc1ccc(NC(N)=NCc2cc(Br)ccc2OC(F)F)cc1. The molecular weight excluding hydrogens is 384 g/mol. The number of nitrogens with two attached hydrogens (primary N) is 1. The van der Waals surface area contributed by atoms with Crippen LogP contribution < -0.4 is 20.5 Å². The van der Waals surface area contributed by atoms with Gasteiger partial charge in [0.25, 0.3) is 0 Å². The number of benzene rings is 2. The van der Waals surface area contributed by atoms with Crippen LogP contribution in [0.15, 0.2) is 51.9 Å². The Morgan fingerprint density at radius 1 is 1.25 bits per heavy atom. The summed E-state index contributed by atoms with van der Waals surface area (Å²) in [5.74, 6) is 0.941. The highest BCUT2D eigenvalue weighted by Gasteiger charge is 2.10. The van der Waals surface area contributed by atoms with Gasteiger partial charge in [0.2, 0.25) is 0 Å². The summed E-state index contributed by atoms with van der Waals surface area (Å²) in [7, 11) is 1.58. The Bertz CT molecular complexity index is 709. The Labute approximate surface area is 146 Å². The van der Waals surface area contributed by atoms with Crippen molar-refractivity contribution in [3.63, 3.8) is 0 Å². The van der Waals surface area contributed by atoms with E-state index in [0.29, 0.717) is 5.56 Å². The minimum atomic E-state index is -2.90. The Balaban J connectivity index is 2.07. The van der Waals surface area contributed by atoms with Crippen molar-refractivity contribution in [1.29, 1.82) is 0 Å². The smallest absolute Gasteiger partial charge is 0.387 e. The molecule has 2 aromatic rings. The van der Waals surface area contributed by atoms with Gasteiger partial charge < -0.3 is 20.5 Å². The molecule has 5 nitrogen and oxygen atoms in total. The van der Waals surface area contributed by atoms with Crippen molar-refractivity contribution in [2.45, 2.75) is 13.2 Å². The van der Waals surface area contributed by atoms with Crippen molar-refractivity contribution >= 4 is 27.6 Å². The zero-order valence-corrected chi connectivity index (χ0v) is 14.4. The third-order valence-electron chi connectivity index (χ3n) is 3.02. The highest BCUT2D eigenvalue weighted by Crippen LogP contribution is 2.25. The fourth-order valence-electron chi connectivity index (χ4n) is 1.91. The van der Waals surface area contributed by atoms with Gasteiger partial charge in [-0.15, -0.1) is 0 Å². The Hall–Kier alpha value is -2.35. The maximum absolute atomic E-state index is 12.4. The van der Waals surface area contributed by atoms with Crippen LogP contribution in [-0.2, 0) is 6.54 Å². The lowest BCUT2D eigenvalue weighted by molar-refractivity contribution is -0.0504. The maximum atomic E-state index is 12.4. The largest absolute Gasteiger partial charge is 0.497 e. The number of hydrogen-bond donors (Lipinski definition) is 2. The predicted octanol–water partition coefficient (Wildman–Crippen LogP) is 3.99. The second-order valence-electron chi connectivity index (χ2n) is 4.69. The standard InChI is InChI=1S/C16H16BrF2N3O2/c1-23-13-5-3-12(4-6-13)22-16(20)21-9-10-8-11(17)2-7-14(10)24-15(18)19/h2-8,15H,9H2,1H3,(H3,20,21,22). The number of nitrogens with zero attached hydrogens (tertiary/aromatic N) is 1. The van der Waals surface area contributed by atoms with Gasteiger partial charge in [0.05, 0.1) is 13.7 Å². The van der Waals surface area contributed by atoms with Crippen molar-refractivity contribution in [3.8, 4) is 11.5 Å². The van der Waals surface area contributed by atoms with Crippen molar-refractivity contribution < 1.29 is 18.3 Å². The van der Waals surface area contributed by atoms with E-state index in [1.165, 1.54) is 6.07 Å². The summed E-state index contributed by atoms with van der Waals surface area (Å²) in [6.07, 6.45) is 0. The fraction of sp³-hybridized carbons (Fsp3) is 0.188. The minimum Gasteiger partial charge on any atom is -0.497 e. The number of rotatable bonds is 6. The van der Waals surface area contributed by atoms with Crippen LogP contribution in [0.1, 0.15) is 5.56 Å². The summed E-state index contributed by atoms with van der Waals surface area (Å²) in [5.41, 5.74) is 7.04. The lowest BCUT2D eigenvalue weighted by Crippen LogP contribution is -2.22. The first-order valence-electron chi connectivity index (χ1n) is 6.92. The van der Waals surface area contributed by atoms with Crippen LogP contribution in [0.5, 0.6) is 11.5 Å². The third-order valence-corrected chi connectivity index (χ3v) is 3.51. The molecule has 0 unspecified atom stereocenters. The molecule has 0 aliphatic rings. The molecule has 0 saturated carbocycles. The molecule has 0 aliphatic heterocycles. The Morgan fingerprint density at radius 3 is 2.58 bits per heavy atom. The lowest BCUT2D eigenvalue weighted by Gasteiger charge is -2.10. The van der Waals surface area contributed by atoms with E-state index in [1.54, 1.807) is 43.5 Å². The number of aliphatic imine (C=N–C) groups is 1. The van der Waals surface area contributed by atoms with Gasteiger partial charge >= 0.3 is 6.61 Å². The quantitative estimate of drug-likeness (QED) is 0.569. The summed E-state index contributed by atoms with van der Waals surface area (Å²) in [6, 6.07) is 11.8. The third kappa shape index (κ3) is 5.38. The Kier molecular flexibility index (Phi) is 6.36. The monoisotopic (exact) mass is 399 g/mol. The van der Waals surface area contributed by atoms with Gasteiger partial charge in [0.15, 0.2) is 5.96 Å². The summed E-state index contributed by atoms with van der Waals surface area (Å²) in [5, 5.41) is 2.91. The number of hydrogen-bond acceptors (Lipinski definition) is 3. The van der Waals surface area contributed by atoms with Gasteiger partial charge in [-0.05, 0) is 42.5 Å². The van der Waals surface area contributed by atoms with Crippen LogP contribution in [0.3, 0.4) is 0 Å². The molecule has 0 radical (unpaired) electrons. The first-order chi connectivity index (χ1) is 11.5. The molecule has 24 heavy (non-hydrogen) atoms. The van der Waals surface area contributed by atoms with Crippen molar-refractivity contribution in [3.05, 3.63) is 52.5 Å². The normalized spacial score (nSPS) is 11.5. The summed E-state index contributed by atoms with van der Waals surface area (Å²) >= 11 is 3.29. The summed E-state index contributed by atoms with van der Waals surface area (Å²) < 4.78 is 35.1. The first kappa shape index (κ1) is 18.0. The number of methoxy groups -OCH3 is 1. The number of guanidine groups is 1. The number of halogens is 3. The highest BCUT2D eigenvalue weighted by molar-refractivity contribution is 9.10. The van der Waals surface area contributed by atoms with Gasteiger partial charge in [0.1, 0.15) is 11.5 Å². The molecule has 0 spiro atoms. The van der Waals surface area contributed by atoms with E-state index in [1.807, 2.05) is 0 Å². The van der Waals surface area contributed by atoms with E-state index < -0.39 is 6.61 Å². The molecule has 0 bridgehead atoms. The fourth-order valence-corrected chi connectivity index (χ4v) is 2.32. The minimum absolute atomic E-state index is 0.0641. The van der Waals surface area contributed by atoms with Crippen molar-refractivity contribution in [2.75, 3.05) is 12.4 Å². The molecule has 0 fully saturated rings. The van der Waals surface area contributed by atoms with Crippen LogP contribution in [0.4, 0.5) is 14.5 Å². The topological polar surface area (TPSA) is 68.9 Å². The van der Waals surface area contributed by atoms with E-state index >= 15 is 0 Å². The average Bonchev–Trinajstić information content (AvgIpc) is 2.55.